The Morgan fingerprint density at radius 1 is 0.692 bits per heavy atom. The van der Waals surface area contributed by atoms with E-state index in [1.807, 2.05) is 0 Å². The molecule has 2 heteroatoms. The van der Waals surface area contributed by atoms with Crippen molar-refractivity contribution in [2.24, 2.45) is 0 Å². The Morgan fingerprint density at radius 3 is 1.58 bits per heavy atom. The van der Waals surface area contributed by atoms with E-state index in [1.54, 1.807) is 0 Å². The van der Waals surface area contributed by atoms with Gasteiger partial charge in [-0.25, -0.2) is 0 Å². The molecule has 1 fully saturated rings. The first-order chi connectivity index (χ1) is 12.7. The quantitative estimate of drug-likeness (QED) is 0.171. The van der Waals surface area contributed by atoms with E-state index in [1.165, 1.54) is 133 Å². The Bertz CT molecular complexity index is 299. The summed E-state index contributed by atoms with van der Waals surface area (Å²) in [4.78, 5) is 0. The van der Waals surface area contributed by atoms with E-state index in [9.17, 15) is 0 Å². The molecule has 0 aliphatic carbocycles. The van der Waals surface area contributed by atoms with E-state index in [-0.39, 0.29) is 0 Å². The normalized spacial score (nSPS) is 17.7. The first-order valence-electron chi connectivity index (χ1n) is 12.1. The van der Waals surface area contributed by atoms with Crippen LogP contribution in [-0.4, -0.2) is 42.2 Å². The molecule has 1 saturated heterocycles. The zero-order chi connectivity index (χ0) is 18.9. The van der Waals surface area contributed by atoms with E-state index in [0.717, 1.165) is 5.25 Å². The molecule has 0 aromatic rings. The summed E-state index contributed by atoms with van der Waals surface area (Å²) in [5, 5.41) is 0.847. The maximum atomic E-state index is 2.47. The number of quaternary nitrogens is 1. The van der Waals surface area contributed by atoms with Crippen molar-refractivity contribution >= 4 is 11.8 Å². The van der Waals surface area contributed by atoms with Crippen LogP contribution >= 0.6 is 11.8 Å². The van der Waals surface area contributed by atoms with E-state index in [4.69, 9.17) is 0 Å². The van der Waals surface area contributed by atoms with Crippen LogP contribution in [0.2, 0.25) is 0 Å². The summed E-state index contributed by atoms with van der Waals surface area (Å²) in [5.74, 6) is 1.39. The minimum atomic E-state index is 0.847. The third-order valence-electron chi connectivity index (χ3n) is 6.24. The van der Waals surface area contributed by atoms with E-state index in [0.29, 0.717) is 0 Å². The Labute approximate surface area is 170 Å². The Kier molecular flexibility index (Phi) is 15.2. The Hall–Kier alpha value is 0.310. The first kappa shape index (κ1) is 24.3. The van der Waals surface area contributed by atoms with Crippen LogP contribution in [0.15, 0.2) is 0 Å². The minimum absolute atomic E-state index is 0.847. The number of hydrogen-bond acceptors (Lipinski definition) is 1. The van der Waals surface area contributed by atoms with E-state index in [2.05, 4.69) is 32.7 Å². The van der Waals surface area contributed by atoms with Gasteiger partial charge in [0.25, 0.3) is 0 Å². The van der Waals surface area contributed by atoms with Crippen molar-refractivity contribution in [3.63, 3.8) is 0 Å². The molecule has 1 atom stereocenters. The molecule has 0 aromatic heterocycles. The second kappa shape index (κ2) is 16.3. The lowest BCUT2D eigenvalue weighted by Crippen LogP contribution is -2.44. The lowest BCUT2D eigenvalue weighted by Gasteiger charge is -2.31. The number of unbranched alkanes of at least 4 members (excludes halogenated alkanes) is 13. The molecule has 0 spiro atoms. The molecule has 1 aliphatic heterocycles. The highest BCUT2D eigenvalue weighted by atomic mass is 32.2. The molecule has 0 bridgehead atoms. The van der Waals surface area contributed by atoms with Crippen molar-refractivity contribution < 1.29 is 4.48 Å². The van der Waals surface area contributed by atoms with Crippen LogP contribution in [-0.2, 0) is 0 Å². The lowest BCUT2D eigenvalue weighted by molar-refractivity contribution is -0.897. The smallest absolute Gasteiger partial charge is 0.0902 e. The van der Waals surface area contributed by atoms with Gasteiger partial charge in [-0.2, -0.15) is 11.8 Å². The fraction of sp³-hybridized carbons (Fsp3) is 1.00. The zero-order valence-electron chi connectivity index (χ0n) is 18.6. The van der Waals surface area contributed by atoms with Crippen LogP contribution in [0, 0.1) is 0 Å². The standard InChI is InChI=1S/C24H50NS/c1-4-5-6-7-8-9-10-11-12-13-14-15-16-19-22-26-24(2)23-25(3)20-17-18-21-25/h24H,4-23H2,1-3H3/q+1. The van der Waals surface area contributed by atoms with Gasteiger partial charge in [-0.3, -0.25) is 0 Å². The van der Waals surface area contributed by atoms with Crippen molar-refractivity contribution in [2.45, 2.75) is 122 Å². The highest BCUT2D eigenvalue weighted by Crippen LogP contribution is 2.22. The summed E-state index contributed by atoms with van der Waals surface area (Å²) >= 11 is 2.23. The summed E-state index contributed by atoms with van der Waals surface area (Å²) in [5.41, 5.74) is 0. The van der Waals surface area contributed by atoms with Crippen molar-refractivity contribution in [3.8, 4) is 0 Å². The molecular formula is C24H50NS+. The second-order valence-electron chi connectivity index (χ2n) is 9.23. The monoisotopic (exact) mass is 384 g/mol. The summed E-state index contributed by atoms with van der Waals surface area (Å²) in [6.07, 6.45) is 23.4. The van der Waals surface area contributed by atoms with Gasteiger partial charge in [-0.05, 0) is 19.1 Å². The first-order valence-corrected chi connectivity index (χ1v) is 13.2. The summed E-state index contributed by atoms with van der Waals surface area (Å²) < 4.78 is 1.34. The third-order valence-corrected chi connectivity index (χ3v) is 7.49. The minimum Gasteiger partial charge on any atom is -0.325 e. The molecule has 1 nitrogen and oxygen atoms in total. The zero-order valence-corrected chi connectivity index (χ0v) is 19.4. The second-order valence-corrected chi connectivity index (χ2v) is 10.8. The predicted octanol–water partition coefficient (Wildman–Crippen LogP) is 7.83. The summed E-state index contributed by atoms with van der Waals surface area (Å²) in [6, 6.07) is 0. The third kappa shape index (κ3) is 13.5. The molecule has 0 saturated carbocycles. The van der Waals surface area contributed by atoms with Crippen LogP contribution in [0.4, 0.5) is 0 Å². The van der Waals surface area contributed by atoms with Gasteiger partial charge in [0, 0.05) is 12.8 Å². The molecule has 1 unspecified atom stereocenters. The van der Waals surface area contributed by atoms with Gasteiger partial charge < -0.3 is 4.48 Å². The van der Waals surface area contributed by atoms with Gasteiger partial charge >= 0.3 is 0 Å². The molecular weight excluding hydrogens is 334 g/mol. The van der Waals surface area contributed by atoms with Crippen LogP contribution < -0.4 is 0 Å². The van der Waals surface area contributed by atoms with E-state index >= 15 is 0 Å². The fourth-order valence-corrected chi connectivity index (χ4v) is 5.77. The molecule has 0 radical (unpaired) electrons. The summed E-state index contributed by atoms with van der Waals surface area (Å²) in [6.45, 7) is 8.99. The maximum Gasteiger partial charge on any atom is 0.0902 e. The largest absolute Gasteiger partial charge is 0.325 e. The fourth-order valence-electron chi connectivity index (χ4n) is 4.54. The average molecular weight is 385 g/mol. The molecule has 156 valence electrons. The van der Waals surface area contributed by atoms with Crippen LogP contribution in [0.5, 0.6) is 0 Å². The van der Waals surface area contributed by atoms with Gasteiger partial charge in [0.2, 0.25) is 0 Å². The molecule has 1 heterocycles. The van der Waals surface area contributed by atoms with Crippen LogP contribution in [0.3, 0.4) is 0 Å². The van der Waals surface area contributed by atoms with Crippen LogP contribution in [0.25, 0.3) is 0 Å². The van der Waals surface area contributed by atoms with Crippen molar-refractivity contribution in [1.29, 1.82) is 0 Å². The predicted molar refractivity (Wildman–Crippen MR) is 122 cm³/mol. The SMILES string of the molecule is CCCCCCCCCCCCCCCCSC(C)C[N+]1(C)CCCC1. The van der Waals surface area contributed by atoms with Gasteiger partial charge in [0.05, 0.1) is 31.9 Å². The lowest BCUT2D eigenvalue weighted by atomic mass is 10.0. The van der Waals surface area contributed by atoms with Crippen molar-refractivity contribution in [1.82, 2.24) is 0 Å². The Morgan fingerprint density at radius 2 is 1.12 bits per heavy atom. The van der Waals surface area contributed by atoms with Gasteiger partial charge in [-0.15, -0.1) is 0 Å². The van der Waals surface area contributed by atoms with Gasteiger partial charge in [0.15, 0.2) is 0 Å². The van der Waals surface area contributed by atoms with Crippen molar-refractivity contribution in [3.05, 3.63) is 0 Å². The number of nitrogens with zero attached hydrogens (tertiary/aromatic N) is 1. The molecule has 1 rings (SSSR count). The highest BCUT2D eigenvalue weighted by Gasteiger charge is 2.28. The molecule has 1 aliphatic rings. The molecule has 0 aromatic carbocycles. The molecule has 0 amide bonds. The summed E-state index contributed by atoms with van der Waals surface area (Å²) in [7, 11) is 2.47. The molecule has 0 N–H and O–H groups in total. The maximum absolute atomic E-state index is 2.47. The number of hydrogen-bond donors (Lipinski definition) is 0. The van der Waals surface area contributed by atoms with Crippen LogP contribution in [0.1, 0.15) is 117 Å². The Balaban J connectivity index is 1.75. The average Bonchev–Trinajstić information content (AvgIpc) is 3.04. The molecule has 26 heavy (non-hydrogen) atoms. The van der Waals surface area contributed by atoms with Gasteiger partial charge in [-0.1, -0.05) is 90.4 Å². The number of likely N-dealkylation sites (tertiary alicyclic amines) is 1. The van der Waals surface area contributed by atoms with Crippen molar-refractivity contribution in [2.75, 3.05) is 32.4 Å². The topological polar surface area (TPSA) is 0 Å². The van der Waals surface area contributed by atoms with Gasteiger partial charge in [0.1, 0.15) is 0 Å². The number of rotatable bonds is 18. The highest BCUT2D eigenvalue weighted by molar-refractivity contribution is 7.99. The van der Waals surface area contributed by atoms with E-state index < -0.39 is 0 Å². The number of thioether (sulfide) groups is 1.